The van der Waals surface area contributed by atoms with Crippen LogP contribution in [0.3, 0.4) is 0 Å². The van der Waals surface area contributed by atoms with Crippen molar-refractivity contribution in [3.05, 3.63) is 36.5 Å². The molecule has 21 heavy (non-hydrogen) atoms. The standard InChI is InChI=1S/C14H15N3O3S/c15-21(19,20)9-10-7-14(18)17(8-10)13-5-6-16-12-4-2-1-3-11(12)13/h1-6,10H,7-9H2,(H2,15,19,20). The van der Waals surface area contributed by atoms with Gasteiger partial charge in [0.15, 0.2) is 0 Å². The summed E-state index contributed by atoms with van der Waals surface area (Å²) in [5.74, 6) is -0.516. The van der Waals surface area contributed by atoms with Gasteiger partial charge in [-0.15, -0.1) is 0 Å². The lowest BCUT2D eigenvalue weighted by Gasteiger charge is -2.18. The molecule has 1 aromatic heterocycles. The molecule has 1 amide bonds. The summed E-state index contributed by atoms with van der Waals surface area (Å²) in [6, 6.07) is 9.32. The van der Waals surface area contributed by atoms with Gasteiger partial charge in [-0.05, 0) is 12.1 Å². The molecule has 1 fully saturated rings. The van der Waals surface area contributed by atoms with E-state index in [-0.39, 0.29) is 24.0 Å². The molecule has 0 aliphatic carbocycles. The van der Waals surface area contributed by atoms with Crippen molar-refractivity contribution in [2.75, 3.05) is 17.2 Å². The number of carbonyl (C=O) groups is 1. The molecule has 1 aromatic carbocycles. The number of rotatable bonds is 3. The highest BCUT2D eigenvalue weighted by molar-refractivity contribution is 7.89. The molecule has 1 saturated heterocycles. The molecule has 6 nitrogen and oxygen atoms in total. The number of sulfonamides is 1. The number of fused-ring (bicyclic) bond motifs is 1. The summed E-state index contributed by atoms with van der Waals surface area (Å²) in [4.78, 5) is 18.1. The molecule has 0 saturated carbocycles. The van der Waals surface area contributed by atoms with E-state index in [9.17, 15) is 13.2 Å². The zero-order valence-corrected chi connectivity index (χ0v) is 12.1. The average Bonchev–Trinajstić information content (AvgIpc) is 2.76. The van der Waals surface area contributed by atoms with E-state index in [1.54, 1.807) is 17.2 Å². The number of para-hydroxylation sites is 1. The number of pyridine rings is 1. The van der Waals surface area contributed by atoms with Gasteiger partial charge in [0.05, 0.1) is 17.0 Å². The predicted molar refractivity (Wildman–Crippen MR) is 80.2 cm³/mol. The van der Waals surface area contributed by atoms with Crippen LogP contribution >= 0.6 is 0 Å². The van der Waals surface area contributed by atoms with Gasteiger partial charge in [-0.25, -0.2) is 13.6 Å². The lowest BCUT2D eigenvalue weighted by Crippen LogP contribution is -2.27. The second kappa shape index (κ2) is 5.09. The zero-order chi connectivity index (χ0) is 15.0. The van der Waals surface area contributed by atoms with Gasteiger partial charge in [-0.2, -0.15) is 0 Å². The minimum absolute atomic E-state index is 0.0833. The number of nitrogens with two attached hydrogens (primary N) is 1. The number of aromatic nitrogens is 1. The Hall–Kier alpha value is -1.99. The maximum absolute atomic E-state index is 12.2. The summed E-state index contributed by atoms with van der Waals surface area (Å²) in [7, 11) is -3.57. The van der Waals surface area contributed by atoms with Crippen LogP contribution in [0, 0.1) is 5.92 Å². The maximum atomic E-state index is 12.2. The molecule has 2 N–H and O–H groups in total. The first-order valence-corrected chi connectivity index (χ1v) is 8.30. The van der Waals surface area contributed by atoms with Crippen molar-refractivity contribution in [1.82, 2.24) is 4.98 Å². The predicted octanol–water partition coefficient (Wildman–Crippen LogP) is 0.876. The minimum atomic E-state index is -3.57. The number of anilines is 1. The van der Waals surface area contributed by atoms with Crippen LogP contribution in [0.25, 0.3) is 10.9 Å². The average molecular weight is 305 g/mol. The highest BCUT2D eigenvalue weighted by Gasteiger charge is 2.33. The summed E-state index contributed by atoms with van der Waals surface area (Å²) in [5, 5.41) is 5.95. The van der Waals surface area contributed by atoms with E-state index in [0.29, 0.717) is 6.54 Å². The van der Waals surface area contributed by atoms with Gasteiger partial charge >= 0.3 is 0 Å². The molecule has 2 aromatic rings. The quantitative estimate of drug-likeness (QED) is 0.910. The lowest BCUT2D eigenvalue weighted by molar-refractivity contribution is -0.117. The van der Waals surface area contributed by atoms with Crippen LogP contribution in [-0.4, -0.2) is 31.6 Å². The Morgan fingerprint density at radius 2 is 2.05 bits per heavy atom. The van der Waals surface area contributed by atoms with E-state index in [4.69, 9.17) is 5.14 Å². The number of nitrogens with zero attached hydrogens (tertiary/aromatic N) is 2. The van der Waals surface area contributed by atoms with Gasteiger partial charge in [0.2, 0.25) is 15.9 Å². The van der Waals surface area contributed by atoms with E-state index >= 15 is 0 Å². The van der Waals surface area contributed by atoms with Crippen LogP contribution in [0.1, 0.15) is 6.42 Å². The second-order valence-electron chi connectivity index (χ2n) is 5.25. The summed E-state index contributed by atoms with van der Waals surface area (Å²) in [6.07, 6.45) is 1.85. The lowest BCUT2D eigenvalue weighted by atomic mass is 10.1. The van der Waals surface area contributed by atoms with E-state index < -0.39 is 10.0 Å². The molecule has 7 heteroatoms. The Morgan fingerprint density at radius 1 is 1.29 bits per heavy atom. The van der Waals surface area contributed by atoms with Crippen LogP contribution < -0.4 is 10.0 Å². The van der Waals surface area contributed by atoms with Crippen LogP contribution in [0.5, 0.6) is 0 Å². The topological polar surface area (TPSA) is 93.4 Å². The number of carbonyl (C=O) groups excluding carboxylic acids is 1. The van der Waals surface area contributed by atoms with Crippen molar-refractivity contribution in [3.63, 3.8) is 0 Å². The van der Waals surface area contributed by atoms with Crippen molar-refractivity contribution in [3.8, 4) is 0 Å². The van der Waals surface area contributed by atoms with Gasteiger partial charge in [-0.1, -0.05) is 18.2 Å². The van der Waals surface area contributed by atoms with E-state index in [1.165, 1.54) is 0 Å². The fourth-order valence-corrected chi connectivity index (χ4v) is 3.65. The summed E-state index contributed by atoms with van der Waals surface area (Å²) >= 11 is 0. The Morgan fingerprint density at radius 3 is 2.81 bits per heavy atom. The van der Waals surface area contributed by atoms with Crippen molar-refractivity contribution in [2.24, 2.45) is 11.1 Å². The highest BCUT2D eigenvalue weighted by atomic mass is 32.2. The fourth-order valence-electron chi connectivity index (χ4n) is 2.77. The molecule has 3 rings (SSSR count). The van der Waals surface area contributed by atoms with Gasteiger partial charge in [0.1, 0.15) is 0 Å². The smallest absolute Gasteiger partial charge is 0.227 e. The number of benzene rings is 1. The van der Waals surface area contributed by atoms with E-state index in [2.05, 4.69) is 4.98 Å². The molecule has 1 aliphatic heterocycles. The molecular weight excluding hydrogens is 290 g/mol. The van der Waals surface area contributed by atoms with Gasteiger partial charge < -0.3 is 4.90 Å². The number of hydrogen-bond acceptors (Lipinski definition) is 4. The molecular formula is C14H15N3O3S. The molecule has 2 heterocycles. The van der Waals surface area contributed by atoms with Gasteiger partial charge in [-0.3, -0.25) is 9.78 Å². The van der Waals surface area contributed by atoms with Crippen molar-refractivity contribution in [2.45, 2.75) is 6.42 Å². The maximum Gasteiger partial charge on any atom is 0.227 e. The fraction of sp³-hybridized carbons (Fsp3) is 0.286. The molecule has 0 bridgehead atoms. The van der Waals surface area contributed by atoms with Crippen LogP contribution in [0.15, 0.2) is 36.5 Å². The van der Waals surface area contributed by atoms with Crippen molar-refractivity contribution >= 4 is 32.5 Å². The number of hydrogen-bond donors (Lipinski definition) is 1. The highest BCUT2D eigenvalue weighted by Crippen LogP contribution is 2.30. The molecule has 1 atom stereocenters. The second-order valence-corrected chi connectivity index (χ2v) is 6.91. The Balaban J connectivity index is 1.95. The van der Waals surface area contributed by atoms with E-state index in [0.717, 1.165) is 16.6 Å². The van der Waals surface area contributed by atoms with Crippen molar-refractivity contribution in [1.29, 1.82) is 0 Å². The van der Waals surface area contributed by atoms with Crippen LogP contribution in [-0.2, 0) is 14.8 Å². The Bertz CT molecular complexity index is 799. The Kier molecular flexibility index (Phi) is 3.38. The first-order chi connectivity index (χ1) is 9.94. The van der Waals surface area contributed by atoms with E-state index in [1.807, 2.05) is 24.3 Å². The number of amides is 1. The molecule has 0 spiro atoms. The molecule has 1 aliphatic rings. The molecule has 110 valence electrons. The molecule has 1 unspecified atom stereocenters. The minimum Gasteiger partial charge on any atom is -0.311 e. The third-order valence-electron chi connectivity index (χ3n) is 3.59. The largest absolute Gasteiger partial charge is 0.311 e. The summed E-state index contributed by atoms with van der Waals surface area (Å²) in [5.41, 5.74) is 1.57. The molecule has 0 radical (unpaired) electrons. The SMILES string of the molecule is NS(=O)(=O)CC1CC(=O)N(c2ccnc3ccccc23)C1. The monoisotopic (exact) mass is 305 g/mol. The van der Waals surface area contributed by atoms with Crippen LogP contribution in [0.4, 0.5) is 5.69 Å². The number of primary sulfonamides is 1. The van der Waals surface area contributed by atoms with Crippen molar-refractivity contribution < 1.29 is 13.2 Å². The first kappa shape index (κ1) is 14.0. The zero-order valence-electron chi connectivity index (χ0n) is 11.3. The van der Waals surface area contributed by atoms with Gasteiger partial charge in [0, 0.05) is 30.5 Å². The summed E-state index contributed by atoms with van der Waals surface area (Å²) in [6.45, 7) is 0.364. The Labute approximate surface area is 122 Å². The van der Waals surface area contributed by atoms with Crippen LogP contribution in [0.2, 0.25) is 0 Å². The third kappa shape index (κ3) is 2.88. The normalized spacial score (nSPS) is 19.4. The summed E-state index contributed by atoms with van der Waals surface area (Å²) < 4.78 is 22.4. The van der Waals surface area contributed by atoms with Gasteiger partial charge in [0.25, 0.3) is 0 Å². The first-order valence-electron chi connectivity index (χ1n) is 6.58. The third-order valence-corrected chi connectivity index (χ3v) is 4.53.